The summed E-state index contributed by atoms with van der Waals surface area (Å²) in [6.45, 7) is 0.475. The number of anilines is 1. The van der Waals surface area contributed by atoms with Gasteiger partial charge < -0.3 is 25.4 Å². The summed E-state index contributed by atoms with van der Waals surface area (Å²) in [6, 6.07) is 3.99. The van der Waals surface area contributed by atoms with Crippen LogP contribution in [0.3, 0.4) is 0 Å². The lowest BCUT2D eigenvalue weighted by molar-refractivity contribution is -0.384. The SMILES string of the molecule is O=C(O)N[C@H](C(=O)N1Cc2ccc([N+](=O)[O-])cc2[C@H]1C(=O)Nc1c(F)cccc1F)C1CCOCC1. The number of non-ortho nitro benzene ring substituents is 1. The molecule has 2 aliphatic rings. The Kier molecular flexibility index (Phi) is 7.10. The van der Waals surface area contributed by atoms with E-state index < -0.39 is 58.2 Å². The number of nitrogens with zero attached hydrogens (tertiary/aromatic N) is 2. The number of nitro groups is 1. The second-order valence-corrected chi connectivity index (χ2v) is 8.47. The average molecular weight is 504 g/mol. The van der Waals surface area contributed by atoms with Crippen molar-refractivity contribution in [2.75, 3.05) is 18.5 Å². The van der Waals surface area contributed by atoms with Crippen LogP contribution in [0.2, 0.25) is 0 Å². The zero-order valence-electron chi connectivity index (χ0n) is 18.8. The molecule has 2 heterocycles. The number of carbonyl (C=O) groups excluding carboxylic acids is 2. The number of benzene rings is 2. The Hall–Kier alpha value is -4.13. The van der Waals surface area contributed by atoms with Crippen LogP contribution in [0.25, 0.3) is 0 Å². The fourth-order valence-electron chi connectivity index (χ4n) is 4.58. The van der Waals surface area contributed by atoms with Crippen molar-refractivity contribution in [1.29, 1.82) is 0 Å². The third kappa shape index (κ3) is 4.96. The molecule has 0 spiro atoms. The molecule has 2 aliphatic heterocycles. The number of fused-ring (bicyclic) bond motifs is 1. The summed E-state index contributed by atoms with van der Waals surface area (Å²) in [7, 11) is 0. The quantitative estimate of drug-likeness (QED) is 0.404. The molecule has 0 unspecified atom stereocenters. The summed E-state index contributed by atoms with van der Waals surface area (Å²) in [4.78, 5) is 50.2. The van der Waals surface area contributed by atoms with Crippen molar-refractivity contribution in [3.8, 4) is 0 Å². The Morgan fingerprint density at radius 3 is 2.42 bits per heavy atom. The van der Waals surface area contributed by atoms with Crippen LogP contribution in [0.4, 0.5) is 25.0 Å². The second kappa shape index (κ2) is 10.2. The number of carboxylic acid groups (broad SMARTS) is 1. The maximum Gasteiger partial charge on any atom is 0.405 e. The maximum absolute atomic E-state index is 14.2. The van der Waals surface area contributed by atoms with Gasteiger partial charge in [0.25, 0.3) is 11.6 Å². The zero-order chi connectivity index (χ0) is 26.0. The fourth-order valence-corrected chi connectivity index (χ4v) is 4.58. The van der Waals surface area contributed by atoms with Crippen molar-refractivity contribution < 1.29 is 37.9 Å². The summed E-state index contributed by atoms with van der Waals surface area (Å²) in [5.74, 6) is -4.27. The molecule has 0 saturated carbocycles. The van der Waals surface area contributed by atoms with Crippen molar-refractivity contribution >= 4 is 29.3 Å². The van der Waals surface area contributed by atoms with E-state index in [1.54, 1.807) is 0 Å². The Morgan fingerprint density at radius 1 is 1.14 bits per heavy atom. The molecular weight excluding hydrogens is 482 g/mol. The molecule has 190 valence electrons. The standard InChI is InChI=1S/C23H22F2N4O7/c24-16-2-1-3-17(25)19(16)26-21(30)20-15-10-14(29(34)35)5-4-13(15)11-28(20)22(31)18(27-23(32)33)12-6-8-36-9-7-12/h1-5,10,12,18,20,27H,6-9,11H2,(H,26,30)(H,32,33)/t18-,20-/m0/s1. The van der Waals surface area contributed by atoms with Gasteiger partial charge in [-0.15, -0.1) is 0 Å². The summed E-state index contributed by atoms with van der Waals surface area (Å²) >= 11 is 0. The third-order valence-corrected chi connectivity index (χ3v) is 6.31. The van der Waals surface area contributed by atoms with Gasteiger partial charge in [-0.2, -0.15) is 0 Å². The van der Waals surface area contributed by atoms with Gasteiger partial charge in [-0.05, 0) is 42.0 Å². The number of ether oxygens (including phenoxy) is 1. The van der Waals surface area contributed by atoms with Crippen LogP contribution in [-0.2, 0) is 20.9 Å². The van der Waals surface area contributed by atoms with Crippen LogP contribution >= 0.6 is 0 Å². The van der Waals surface area contributed by atoms with Crippen molar-refractivity contribution in [2.24, 2.45) is 5.92 Å². The first-order chi connectivity index (χ1) is 17.2. The minimum Gasteiger partial charge on any atom is -0.465 e. The Balaban J connectivity index is 1.73. The average Bonchev–Trinajstić information content (AvgIpc) is 3.23. The molecule has 2 atom stereocenters. The van der Waals surface area contributed by atoms with E-state index in [-0.39, 0.29) is 17.8 Å². The fraction of sp³-hybridized carbons (Fsp3) is 0.348. The first-order valence-electron chi connectivity index (χ1n) is 11.1. The zero-order valence-corrected chi connectivity index (χ0v) is 18.8. The van der Waals surface area contributed by atoms with Crippen molar-refractivity contribution in [3.63, 3.8) is 0 Å². The third-order valence-electron chi connectivity index (χ3n) is 6.31. The smallest absolute Gasteiger partial charge is 0.405 e. The molecule has 13 heteroatoms. The van der Waals surface area contributed by atoms with E-state index in [4.69, 9.17) is 4.74 Å². The molecule has 0 aromatic heterocycles. The van der Waals surface area contributed by atoms with Crippen LogP contribution in [0.1, 0.15) is 30.0 Å². The van der Waals surface area contributed by atoms with Gasteiger partial charge in [0, 0.05) is 31.9 Å². The van der Waals surface area contributed by atoms with Gasteiger partial charge >= 0.3 is 6.09 Å². The molecule has 1 fully saturated rings. The minimum absolute atomic E-state index is 0.104. The molecule has 36 heavy (non-hydrogen) atoms. The lowest BCUT2D eigenvalue weighted by atomic mass is 9.90. The van der Waals surface area contributed by atoms with E-state index in [0.29, 0.717) is 31.6 Å². The van der Waals surface area contributed by atoms with Crippen LogP contribution in [0, 0.1) is 27.7 Å². The number of nitrogens with one attached hydrogen (secondary N) is 2. The summed E-state index contributed by atoms with van der Waals surface area (Å²) < 4.78 is 33.7. The number of nitro benzene ring substituents is 1. The van der Waals surface area contributed by atoms with Crippen LogP contribution in [-0.4, -0.2) is 52.1 Å². The molecule has 11 nitrogen and oxygen atoms in total. The summed E-state index contributed by atoms with van der Waals surface area (Å²) in [6.07, 6.45) is -0.665. The lowest BCUT2D eigenvalue weighted by Crippen LogP contribution is -2.53. The highest BCUT2D eigenvalue weighted by Gasteiger charge is 2.44. The number of hydrogen-bond acceptors (Lipinski definition) is 6. The lowest BCUT2D eigenvalue weighted by Gasteiger charge is -2.34. The van der Waals surface area contributed by atoms with Gasteiger partial charge in [0.2, 0.25) is 5.91 Å². The summed E-state index contributed by atoms with van der Waals surface area (Å²) in [5.41, 5.74) is -0.571. The number of halogens is 2. The predicted molar refractivity (Wildman–Crippen MR) is 120 cm³/mol. The van der Waals surface area contributed by atoms with Crippen molar-refractivity contribution in [3.05, 3.63) is 69.3 Å². The molecule has 0 bridgehead atoms. The monoisotopic (exact) mass is 504 g/mol. The normalized spacial score (nSPS) is 18.3. The number of rotatable bonds is 6. The Labute approximate surface area is 203 Å². The van der Waals surface area contributed by atoms with Gasteiger partial charge in [-0.3, -0.25) is 19.7 Å². The molecule has 3 amide bonds. The van der Waals surface area contributed by atoms with E-state index in [1.165, 1.54) is 12.1 Å². The highest BCUT2D eigenvalue weighted by atomic mass is 19.1. The number of para-hydroxylation sites is 1. The first-order valence-corrected chi connectivity index (χ1v) is 11.1. The summed E-state index contributed by atoms with van der Waals surface area (Å²) in [5, 5.41) is 25.1. The van der Waals surface area contributed by atoms with Gasteiger partial charge in [-0.1, -0.05) is 12.1 Å². The van der Waals surface area contributed by atoms with Crippen LogP contribution in [0.15, 0.2) is 36.4 Å². The number of amides is 3. The van der Waals surface area contributed by atoms with E-state index in [2.05, 4.69) is 10.6 Å². The highest BCUT2D eigenvalue weighted by Crippen LogP contribution is 2.38. The molecule has 4 rings (SSSR count). The first kappa shape index (κ1) is 25.0. The molecule has 1 saturated heterocycles. The highest BCUT2D eigenvalue weighted by molar-refractivity contribution is 6.00. The van der Waals surface area contributed by atoms with Gasteiger partial charge in [0.05, 0.1) is 4.92 Å². The molecule has 2 aromatic carbocycles. The predicted octanol–water partition coefficient (Wildman–Crippen LogP) is 2.96. The van der Waals surface area contributed by atoms with Gasteiger partial charge in [0.15, 0.2) is 0 Å². The van der Waals surface area contributed by atoms with Gasteiger partial charge in [-0.25, -0.2) is 13.6 Å². The van der Waals surface area contributed by atoms with E-state index in [9.17, 15) is 38.4 Å². The van der Waals surface area contributed by atoms with Crippen LogP contribution in [0.5, 0.6) is 0 Å². The van der Waals surface area contributed by atoms with Gasteiger partial charge in [0.1, 0.15) is 29.4 Å². The molecular formula is C23H22F2N4O7. The van der Waals surface area contributed by atoms with Crippen LogP contribution < -0.4 is 10.6 Å². The van der Waals surface area contributed by atoms with E-state index in [1.807, 2.05) is 0 Å². The Morgan fingerprint density at radius 2 is 1.81 bits per heavy atom. The van der Waals surface area contributed by atoms with E-state index >= 15 is 0 Å². The molecule has 0 radical (unpaired) electrons. The molecule has 0 aliphatic carbocycles. The van der Waals surface area contributed by atoms with Crippen molar-refractivity contribution in [1.82, 2.24) is 10.2 Å². The largest absolute Gasteiger partial charge is 0.465 e. The maximum atomic E-state index is 14.2. The number of carbonyl (C=O) groups is 3. The van der Waals surface area contributed by atoms with Crippen molar-refractivity contribution in [2.45, 2.75) is 31.5 Å². The minimum atomic E-state index is -1.50. The Bertz CT molecular complexity index is 1200. The topological polar surface area (TPSA) is 151 Å². The van der Waals surface area contributed by atoms with E-state index in [0.717, 1.165) is 29.2 Å². The molecule has 2 aromatic rings. The molecule has 3 N–H and O–H groups in total. The second-order valence-electron chi connectivity index (χ2n) is 8.47. The number of hydrogen-bond donors (Lipinski definition) is 3.